The Hall–Kier alpha value is -1.19. The molecule has 0 amide bonds. The van der Waals surface area contributed by atoms with Gasteiger partial charge in [0.05, 0.1) is 6.10 Å². The van der Waals surface area contributed by atoms with E-state index in [1.165, 1.54) is 12.0 Å². The van der Waals surface area contributed by atoms with E-state index in [9.17, 15) is 4.79 Å². The summed E-state index contributed by atoms with van der Waals surface area (Å²) >= 11 is 0. The van der Waals surface area contributed by atoms with Crippen molar-refractivity contribution in [2.45, 2.75) is 44.6 Å². The van der Waals surface area contributed by atoms with Crippen molar-refractivity contribution in [3.63, 3.8) is 0 Å². The highest BCUT2D eigenvalue weighted by Crippen LogP contribution is 2.18. The molecule has 2 N–H and O–H groups in total. The second-order valence-corrected chi connectivity index (χ2v) is 5.19. The molecule has 1 fully saturated rings. The van der Waals surface area contributed by atoms with Crippen LogP contribution in [0, 0.1) is 0 Å². The van der Waals surface area contributed by atoms with Crippen molar-refractivity contribution < 1.29 is 9.53 Å². The van der Waals surface area contributed by atoms with E-state index >= 15 is 0 Å². The van der Waals surface area contributed by atoms with Crippen LogP contribution in [0.1, 0.15) is 48.0 Å². The summed E-state index contributed by atoms with van der Waals surface area (Å²) in [4.78, 5) is 12.0. The Labute approximate surface area is 115 Å². The maximum atomic E-state index is 12.0. The van der Waals surface area contributed by atoms with Gasteiger partial charge in [-0.2, -0.15) is 0 Å². The van der Waals surface area contributed by atoms with Crippen molar-refractivity contribution >= 4 is 5.78 Å². The van der Waals surface area contributed by atoms with Gasteiger partial charge in [0.2, 0.25) is 0 Å². The summed E-state index contributed by atoms with van der Waals surface area (Å²) in [7, 11) is 0. The number of Topliss-reactive ketones (excluding diaryl/α,β-unsaturated/α-hetero) is 1. The lowest BCUT2D eigenvalue weighted by Gasteiger charge is -2.08. The number of ketones is 1. The predicted molar refractivity (Wildman–Crippen MR) is 76.4 cm³/mol. The fraction of sp³-hybridized carbons (Fsp3) is 0.562. The Balaban J connectivity index is 1.75. The zero-order valence-electron chi connectivity index (χ0n) is 11.4. The lowest BCUT2D eigenvalue weighted by Crippen LogP contribution is -2.07. The molecule has 3 heteroatoms. The Morgan fingerprint density at radius 3 is 2.74 bits per heavy atom. The Morgan fingerprint density at radius 2 is 2.11 bits per heavy atom. The van der Waals surface area contributed by atoms with Crippen molar-refractivity contribution in [1.82, 2.24) is 0 Å². The van der Waals surface area contributed by atoms with Crippen molar-refractivity contribution in [3.8, 4) is 0 Å². The molecule has 19 heavy (non-hydrogen) atoms. The third-order valence-electron chi connectivity index (χ3n) is 3.66. The molecule has 1 unspecified atom stereocenters. The first-order valence-corrected chi connectivity index (χ1v) is 7.23. The lowest BCUT2D eigenvalue weighted by atomic mass is 10.0. The standard InChI is InChI=1S/C16H23NO2/c17-11-10-13-6-8-14(9-7-13)16(18)5-1-3-15-4-2-12-19-15/h6-9,15H,1-5,10-12,17H2. The third-order valence-corrected chi connectivity index (χ3v) is 3.66. The van der Waals surface area contributed by atoms with Crippen LogP contribution in [0.4, 0.5) is 0 Å². The Bertz CT molecular complexity index is 394. The van der Waals surface area contributed by atoms with Crippen molar-refractivity contribution in [3.05, 3.63) is 35.4 Å². The van der Waals surface area contributed by atoms with Crippen LogP contribution in [0.15, 0.2) is 24.3 Å². The van der Waals surface area contributed by atoms with Gasteiger partial charge in [0.25, 0.3) is 0 Å². The van der Waals surface area contributed by atoms with Gasteiger partial charge in [-0.1, -0.05) is 24.3 Å². The minimum absolute atomic E-state index is 0.234. The molecule has 1 atom stereocenters. The highest BCUT2D eigenvalue weighted by Gasteiger charge is 2.15. The van der Waals surface area contributed by atoms with Gasteiger partial charge in [-0.25, -0.2) is 0 Å². The third kappa shape index (κ3) is 4.44. The quantitative estimate of drug-likeness (QED) is 0.768. The molecule has 3 nitrogen and oxygen atoms in total. The number of carbonyl (C=O) groups excluding carboxylic acids is 1. The molecule has 0 radical (unpaired) electrons. The van der Waals surface area contributed by atoms with Crippen LogP contribution in [0.2, 0.25) is 0 Å². The average molecular weight is 261 g/mol. The normalized spacial score (nSPS) is 18.7. The summed E-state index contributed by atoms with van der Waals surface area (Å²) in [6, 6.07) is 7.83. The summed E-state index contributed by atoms with van der Waals surface area (Å²) in [5.74, 6) is 0.234. The summed E-state index contributed by atoms with van der Waals surface area (Å²) in [6.07, 6.45) is 6.14. The molecule has 0 aromatic heterocycles. The molecule has 1 aliphatic heterocycles. The fourth-order valence-electron chi connectivity index (χ4n) is 2.53. The van der Waals surface area contributed by atoms with Crippen LogP contribution in [-0.2, 0) is 11.2 Å². The van der Waals surface area contributed by atoms with Crippen LogP contribution in [0.25, 0.3) is 0 Å². The monoisotopic (exact) mass is 261 g/mol. The van der Waals surface area contributed by atoms with Crippen molar-refractivity contribution in [2.24, 2.45) is 5.73 Å². The first-order chi connectivity index (χ1) is 9.29. The molecule has 1 aromatic rings. The lowest BCUT2D eigenvalue weighted by molar-refractivity contribution is 0.0923. The van der Waals surface area contributed by atoms with E-state index in [0.717, 1.165) is 37.9 Å². The van der Waals surface area contributed by atoms with Gasteiger partial charge in [-0.05, 0) is 44.2 Å². The van der Waals surface area contributed by atoms with E-state index in [1.807, 2.05) is 24.3 Å². The zero-order chi connectivity index (χ0) is 13.5. The smallest absolute Gasteiger partial charge is 0.162 e. The van der Waals surface area contributed by atoms with Crippen molar-refractivity contribution in [1.29, 1.82) is 0 Å². The molecule has 1 saturated heterocycles. The van der Waals surface area contributed by atoms with E-state index in [-0.39, 0.29) is 5.78 Å². The second kappa shape index (κ2) is 7.41. The van der Waals surface area contributed by atoms with E-state index in [0.29, 0.717) is 19.1 Å². The molecule has 1 aromatic carbocycles. The zero-order valence-corrected chi connectivity index (χ0v) is 11.4. The highest BCUT2D eigenvalue weighted by atomic mass is 16.5. The number of nitrogens with two attached hydrogens (primary N) is 1. The van der Waals surface area contributed by atoms with Crippen LogP contribution in [-0.4, -0.2) is 25.0 Å². The molecule has 1 heterocycles. The topological polar surface area (TPSA) is 52.3 Å². The number of carbonyl (C=O) groups is 1. The van der Waals surface area contributed by atoms with Gasteiger partial charge in [-0.15, -0.1) is 0 Å². The second-order valence-electron chi connectivity index (χ2n) is 5.19. The molecule has 0 aliphatic carbocycles. The molecule has 0 saturated carbocycles. The fourth-order valence-corrected chi connectivity index (χ4v) is 2.53. The minimum Gasteiger partial charge on any atom is -0.378 e. The van der Waals surface area contributed by atoms with Gasteiger partial charge < -0.3 is 10.5 Å². The average Bonchev–Trinajstić information content (AvgIpc) is 2.93. The SMILES string of the molecule is NCCc1ccc(C(=O)CCCC2CCCO2)cc1. The van der Waals surface area contributed by atoms with E-state index < -0.39 is 0 Å². The van der Waals surface area contributed by atoms with E-state index in [4.69, 9.17) is 10.5 Å². The Morgan fingerprint density at radius 1 is 1.32 bits per heavy atom. The number of rotatable bonds is 7. The van der Waals surface area contributed by atoms with E-state index in [2.05, 4.69) is 0 Å². The first-order valence-electron chi connectivity index (χ1n) is 7.23. The number of ether oxygens (including phenoxy) is 1. The van der Waals surface area contributed by atoms with Gasteiger partial charge in [0.1, 0.15) is 0 Å². The van der Waals surface area contributed by atoms with Crippen LogP contribution >= 0.6 is 0 Å². The molecular weight excluding hydrogens is 238 g/mol. The summed E-state index contributed by atoms with van der Waals surface area (Å²) in [6.45, 7) is 1.54. The first kappa shape index (κ1) is 14.2. The van der Waals surface area contributed by atoms with Crippen LogP contribution < -0.4 is 5.73 Å². The maximum absolute atomic E-state index is 12.0. The largest absolute Gasteiger partial charge is 0.378 e. The number of hydrogen-bond donors (Lipinski definition) is 1. The summed E-state index contributed by atoms with van der Waals surface area (Å²) in [5.41, 5.74) is 7.51. The number of benzene rings is 1. The molecule has 0 bridgehead atoms. The highest BCUT2D eigenvalue weighted by molar-refractivity contribution is 5.96. The predicted octanol–water partition coefficient (Wildman–Crippen LogP) is 2.72. The summed E-state index contributed by atoms with van der Waals surface area (Å²) in [5, 5.41) is 0. The van der Waals surface area contributed by atoms with Gasteiger partial charge in [-0.3, -0.25) is 4.79 Å². The van der Waals surface area contributed by atoms with Gasteiger partial charge in [0, 0.05) is 18.6 Å². The molecule has 1 aliphatic rings. The molecule has 104 valence electrons. The molecular formula is C16H23NO2. The Kier molecular flexibility index (Phi) is 5.55. The van der Waals surface area contributed by atoms with Crippen LogP contribution in [0.5, 0.6) is 0 Å². The molecule has 0 spiro atoms. The van der Waals surface area contributed by atoms with Gasteiger partial charge in [0.15, 0.2) is 5.78 Å². The molecule has 2 rings (SSSR count). The minimum atomic E-state index is 0.234. The van der Waals surface area contributed by atoms with Gasteiger partial charge >= 0.3 is 0 Å². The van der Waals surface area contributed by atoms with Crippen molar-refractivity contribution in [2.75, 3.05) is 13.2 Å². The summed E-state index contributed by atoms with van der Waals surface area (Å²) < 4.78 is 5.56. The van der Waals surface area contributed by atoms with E-state index in [1.54, 1.807) is 0 Å². The van der Waals surface area contributed by atoms with Crippen LogP contribution in [0.3, 0.4) is 0 Å². The maximum Gasteiger partial charge on any atom is 0.162 e. The number of hydrogen-bond acceptors (Lipinski definition) is 3.